The van der Waals surface area contributed by atoms with Crippen molar-refractivity contribution in [2.75, 3.05) is 0 Å². The average molecular weight is 354 g/mol. The van der Waals surface area contributed by atoms with Crippen LogP contribution in [0.25, 0.3) is 0 Å². The van der Waals surface area contributed by atoms with Crippen molar-refractivity contribution in [3.05, 3.63) is 107 Å². The molecular weight excluding hydrogens is 336 g/mol. The molecule has 27 heavy (non-hydrogen) atoms. The second-order valence-corrected chi connectivity index (χ2v) is 6.87. The van der Waals surface area contributed by atoms with E-state index in [0.29, 0.717) is 22.3 Å². The van der Waals surface area contributed by atoms with Crippen LogP contribution in [0, 0.1) is 12.8 Å². The standard InChI is InChI=1S/C24H18O3/c1-15-8-7-11-17(14-15)22(25)20(16-9-3-2-4-10-16)21-23(26)18-12-5-6-13-19(18)24(21)27/h2-14,20-21H,1H3. The van der Waals surface area contributed by atoms with Crippen LogP contribution < -0.4 is 0 Å². The number of aryl methyl sites for hydroxylation is 1. The summed E-state index contributed by atoms with van der Waals surface area (Å²) >= 11 is 0. The molecule has 3 aromatic rings. The molecular formula is C24H18O3. The third kappa shape index (κ3) is 2.91. The van der Waals surface area contributed by atoms with Gasteiger partial charge in [0.25, 0.3) is 0 Å². The summed E-state index contributed by atoms with van der Waals surface area (Å²) in [4.78, 5) is 39.5. The van der Waals surface area contributed by atoms with Crippen LogP contribution in [0.1, 0.15) is 48.1 Å². The summed E-state index contributed by atoms with van der Waals surface area (Å²) in [6.45, 7) is 1.91. The van der Waals surface area contributed by atoms with E-state index in [1.165, 1.54) is 0 Å². The molecule has 1 aliphatic carbocycles. The Bertz CT molecular complexity index is 1010. The molecule has 3 heteroatoms. The van der Waals surface area contributed by atoms with E-state index in [2.05, 4.69) is 0 Å². The molecule has 0 spiro atoms. The molecule has 0 N–H and O–H groups in total. The Labute approximate surface area is 157 Å². The first-order valence-corrected chi connectivity index (χ1v) is 8.91. The van der Waals surface area contributed by atoms with Crippen LogP contribution in [-0.2, 0) is 0 Å². The predicted molar refractivity (Wildman–Crippen MR) is 103 cm³/mol. The highest BCUT2D eigenvalue weighted by Gasteiger charge is 2.46. The predicted octanol–water partition coefficient (Wildman–Crippen LogP) is 4.66. The Hall–Kier alpha value is -3.33. The van der Waals surface area contributed by atoms with Crippen molar-refractivity contribution in [3.63, 3.8) is 0 Å². The van der Waals surface area contributed by atoms with Gasteiger partial charge in [-0.2, -0.15) is 0 Å². The molecule has 1 atom stereocenters. The van der Waals surface area contributed by atoms with Crippen molar-refractivity contribution in [2.45, 2.75) is 12.8 Å². The smallest absolute Gasteiger partial charge is 0.175 e. The monoisotopic (exact) mass is 354 g/mol. The van der Waals surface area contributed by atoms with E-state index in [1.54, 1.807) is 36.4 Å². The normalized spacial score (nSPS) is 14.9. The van der Waals surface area contributed by atoms with Crippen LogP contribution in [-0.4, -0.2) is 17.3 Å². The van der Waals surface area contributed by atoms with Crippen molar-refractivity contribution in [1.29, 1.82) is 0 Å². The average Bonchev–Trinajstić information content (AvgIpc) is 2.94. The lowest BCUT2D eigenvalue weighted by atomic mass is 9.78. The van der Waals surface area contributed by atoms with Gasteiger partial charge in [-0.05, 0) is 18.6 Å². The first-order valence-electron chi connectivity index (χ1n) is 8.91. The SMILES string of the molecule is Cc1cccc(C(=O)C(c2ccccc2)C2C(=O)c3ccccc3C2=O)c1. The highest BCUT2D eigenvalue weighted by atomic mass is 16.2. The van der Waals surface area contributed by atoms with E-state index in [0.717, 1.165) is 5.56 Å². The fourth-order valence-electron chi connectivity index (χ4n) is 3.80. The maximum atomic E-state index is 13.4. The van der Waals surface area contributed by atoms with E-state index >= 15 is 0 Å². The van der Waals surface area contributed by atoms with Crippen molar-refractivity contribution in [3.8, 4) is 0 Å². The van der Waals surface area contributed by atoms with Gasteiger partial charge in [0.05, 0.1) is 11.8 Å². The molecule has 0 aromatic heterocycles. The van der Waals surface area contributed by atoms with Gasteiger partial charge < -0.3 is 0 Å². The van der Waals surface area contributed by atoms with Crippen LogP contribution in [0.2, 0.25) is 0 Å². The second-order valence-electron chi connectivity index (χ2n) is 6.87. The number of benzene rings is 3. The largest absolute Gasteiger partial charge is 0.293 e. The summed E-state index contributed by atoms with van der Waals surface area (Å²) in [5, 5.41) is 0. The summed E-state index contributed by atoms with van der Waals surface area (Å²) in [5.74, 6) is -2.60. The molecule has 132 valence electrons. The van der Waals surface area contributed by atoms with Crippen LogP contribution in [0.15, 0.2) is 78.9 Å². The lowest BCUT2D eigenvalue weighted by Crippen LogP contribution is -2.30. The lowest BCUT2D eigenvalue weighted by Gasteiger charge is -2.21. The Kier molecular flexibility index (Phi) is 4.28. The van der Waals surface area contributed by atoms with Gasteiger partial charge >= 0.3 is 0 Å². The molecule has 0 saturated carbocycles. The van der Waals surface area contributed by atoms with E-state index < -0.39 is 11.8 Å². The van der Waals surface area contributed by atoms with Gasteiger partial charge in [0, 0.05) is 16.7 Å². The Morgan fingerprint density at radius 1 is 0.778 bits per heavy atom. The summed E-state index contributed by atoms with van der Waals surface area (Å²) in [7, 11) is 0. The number of ketones is 3. The van der Waals surface area contributed by atoms with Gasteiger partial charge in [-0.15, -0.1) is 0 Å². The molecule has 0 radical (unpaired) electrons. The van der Waals surface area contributed by atoms with Gasteiger partial charge in [-0.3, -0.25) is 14.4 Å². The zero-order valence-electron chi connectivity index (χ0n) is 14.9. The van der Waals surface area contributed by atoms with Crippen LogP contribution >= 0.6 is 0 Å². The first kappa shape index (κ1) is 17.1. The van der Waals surface area contributed by atoms with E-state index in [9.17, 15) is 14.4 Å². The maximum absolute atomic E-state index is 13.4. The van der Waals surface area contributed by atoms with Crippen molar-refractivity contribution < 1.29 is 14.4 Å². The molecule has 0 amide bonds. The molecule has 0 heterocycles. The van der Waals surface area contributed by atoms with Crippen molar-refractivity contribution >= 4 is 17.3 Å². The van der Waals surface area contributed by atoms with Gasteiger partial charge in [0.1, 0.15) is 0 Å². The zero-order valence-corrected chi connectivity index (χ0v) is 14.9. The maximum Gasteiger partial charge on any atom is 0.175 e. The number of Topliss-reactive ketones (excluding diaryl/α,β-unsaturated/α-hetero) is 3. The van der Waals surface area contributed by atoms with Gasteiger partial charge in [0.15, 0.2) is 17.3 Å². The third-order valence-corrected chi connectivity index (χ3v) is 5.10. The lowest BCUT2D eigenvalue weighted by molar-refractivity contribution is 0.0757. The van der Waals surface area contributed by atoms with Crippen molar-refractivity contribution in [1.82, 2.24) is 0 Å². The fourth-order valence-corrected chi connectivity index (χ4v) is 3.80. The van der Waals surface area contributed by atoms with Crippen LogP contribution in [0.3, 0.4) is 0 Å². The summed E-state index contributed by atoms with van der Waals surface area (Å²) < 4.78 is 0. The number of rotatable bonds is 4. The Balaban J connectivity index is 1.84. The Morgan fingerprint density at radius 3 is 1.96 bits per heavy atom. The molecule has 0 bridgehead atoms. The quantitative estimate of drug-likeness (QED) is 0.506. The first-order chi connectivity index (χ1) is 13.1. The molecule has 0 fully saturated rings. The summed E-state index contributed by atoms with van der Waals surface area (Å²) in [5.41, 5.74) is 2.97. The summed E-state index contributed by atoms with van der Waals surface area (Å²) in [6, 6.07) is 23.2. The van der Waals surface area contributed by atoms with Crippen molar-refractivity contribution in [2.24, 2.45) is 5.92 Å². The summed E-state index contributed by atoms with van der Waals surface area (Å²) in [6.07, 6.45) is 0. The highest BCUT2D eigenvalue weighted by molar-refractivity contribution is 6.29. The number of fused-ring (bicyclic) bond motifs is 1. The van der Waals surface area contributed by atoms with E-state index in [4.69, 9.17) is 0 Å². The van der Waals surface area contributed by atoms with Crippen LogP contribution in [0.5, 0.6) is 0 Å². The molecule has 0 saturated heterocycles. The third-order valence-electron chi connectivity index (χ3n) is 5.10. The molecule has 1 aliphatic rings. The number of hydrogen-bond donors (Lipinski definition) is 0. The van der Waals surface area contributed by atoms with E-state index in [-0.39, 0.29) is 17.3 Å². The highest BCUT2D eigenvalue weighted by Crippen LogP contribution is 2.38. The molecule has 3 aromatic carbocycles. The Morgan fingerprint density at radius 2 is 1.37 bits per heavy atom. The minimum atomic E-state index is -1.02. The van der Waals surface area contributed by atoms with Gasteiger partial charge in [0.2, 0.25) is 0 Å². The molecule has 3 nitrogen and oxygen atoms in total. The minimum Gasteiger partial charge on any atom is -0.293 e. The topological polar surface area (TPSA) is 51.2 Å². The van der Waals surface area contributed by atoms with Gasteiger partial charge in [-0.1, -0.05) is 78.4 Å². The number of hydrogen-bond acceptors (Lipinski definition) is 3. The fraction of sp³-hybridized carbons (Fsp3) is 0.125. The molecule has 1 unspecified atom stereocenters. The van der Waals surface area contributed by atoms with E-state index in [1.807, 2.05) is 49.4 Å². The second kappa shape index (κ2) is 6.76. The van der Waals surface area contributed by atoms with Gasteiger partial charge in [-0.25, -0.2) is 0 Å². The molecule has 0 aliphatic heterocycles. The minimum absolute atomic E-state index is 0.204. The number of carbonyl (C=O) groups is 3. The van der Waals surface area contributed by atoms with Crippen LogP contribution in [0.4, 0.5) is 0 Å². The number of carbonyl (C=O) groups excluding carboxylic acids is 3. The zero-order chi connectivity index (χ0) is 19.0. The molecule has 4 rings (SSSR count).